The molecule has 0 radical (unpaired) electrons. The number of carbonyl (C=O) groups is 2. The number of amides is 2. The van der Waals surface area contributed by atoms with Crippen LogP contribution in [0.3, 0.4) is 0 Å². The largest absolute Gasteiger partial charge is 0.449 e. The van der Waals surface area contributed by atoms with Crippen LogP contribution in [0.1, 0.15) is 20.3 Å². The third-order valence-corrected chi connectivity index (χ3v) is 7.70. The molecule has 0 aliphatic carbocycles. The van der Waals surface area contributed by atoms with Crippen LogP contribution in [0.5, 0.6) is 0 Å². The summed E-state index contributed by atoms with van der Waals surface area (Å²) in [6.07, 6.45) is 0.448. The van der Waals surface area contributed by atoms with E-state index in [-0.39, 0.29) is 42.4 Å². The average Bonchev–Trinajstić information content (AvgIpc) is 3.03. The van der Waals surface area contributed by atoms with E-state index in [9.17, 15) is 22.4 Å². The zero-order valence-corrected chi connectivity index (χ0v) is 20.1. The summed E-state index contributed by atoms with van der Waals surface area (Å²) in [6, 6.07) is 4.75. The highest BCUT2D eigenvalue weighted by Gasteiger charge is 2.31. The molecule has 184 valence electrons. The molecule has 1 aromatic rings. The fraction of sp³-hybridized carbons (Fsp3) is 0.636. The number of sulfonamides is 1. The number of hydrogen-bond donors (Lipinski definition) is 0. The minimum atomic E-state index is -3.72. The average molecular weight is 485 g/mol. The van der Waals surface area contributed by atoms with E-state index in [1.807, 2.05) is 18.7 Å². The predicted molar refractivity (Wildman–Crippen MR) is 121 cm³/mol. The number of carbonyl (C=O) groups excluding carboxylic acids is 2. The molecular weight excluding hydrogens is 451 g/mol. The summed E-state index contributed by atoms with van der Waals surface area (Å²) < 4.78 is 45.3. The number of benzene rings is 1. The lowest BCUT2D eigenvalue weighted by atomic mass is 10.2. The van der Waals surface area contributed by atoms with Gasteiger partial charge in [0.05, 0.1) is 18.0 Å². The normalized spacial score (nSPS) is 18.9. The molecule has 9 nitrogen and oxygen atoms in total. The minimum absolute atomic E-state index is 0.0460. The van der Waals surface area contributed by atoms with Gasteiger partial charge in [0.15, 0.2) is 0 Å². The van der Waals surface area contributed by atoms with Crippen LogP contribution in [-0.4, -0.2) is 105 Å². The van der Waals surface area contributed by atoms with E-state index in [1.54, 1.807) is 9.80 Å². The molecule has 2 saturated heterocycles. The first kappa shape index (κ1) is 25.4. The molecule has 3 rings (SSSR count). The molecule has 0 N–H and O–H groups in total. The Labute approximate surface area is 195 Å². The summed E-state index contributed by atoms with van der Waals surface area (Å²) >= 11 is 0. The summed E-state index contributed by atoms with van der Waals surface area (Å²) in [6.45, 7) is 8.00. The first-order chi connectivity index (χ1) is 15.7. The Morgan fingerprint density at radius 3 is 2.21 bits per heavy atom. The molecule has 11 heteroatoms. The van der Waals surface area contributed by atoms with Crippen LogP contribution in [0, 0.1) is 11.7 Å². The monoisotopic (exact) mass is 484 g/mol. The second kappa shape index (κ2) is 11.3. The number of hydrogen-bond acceptors (Lipinski definition) is 6. The zero-order chi connectivity index (χ0) is 24.0. The lowest BCUT2D eigenvalue weighted by Crippen LogP contribution is -2.52. The van der Waals surface area contributed by atoms with Gasteiger partial charge in [0.1, 0.15) is 5.82 Å². The summed E-state index contributed by atoms with van der Waals surface area (Å²) in [5.41, 5.74) is 0. The van der Waals surface area contributed by atoms with Crippen molar-refractivity contribution >= 4 is 22.0 Å². The van der Waals surface area contributed by atoms with E-state index in [0.717, 1.165) is 18.6 Å². The van der Waals surface area contributed by atoms with E-state index < -0.39 is 15.8 Å². The quantitative estimate of drug-likeness (QED) is 0.607. The summed E-state index contributed by atoms with van der Waals surface area (Å²) in [5, 5.41) is 0. The maximum atomic E-state index is 13.1. The van der Waals surface area contributed by atoms with Crippen LogP contribution in [0.15, 0.2) is 29.2 Å². The summed E-state index contributed by atoms with van der Waals surface area (Å²) in [7, 11) is -3.72. The number of rotatable bonds is 6. The molecule has 0 spiro atoms. The van der Waals surface area contributed by atoms with Gasteiger partial charge in [-0.25, -0.2) is 17.6 Å². The second-order valence-corrected chi connectivity index (χ2v) is 10.8. The van der Waals surface area contributed by atoms with E-state index in [4.69, 9.17) is 4.74 Å². The molecule has 2 heterocycles. The lowest BCUT2D eigenvalue weighted by Gasteiger charge is -2.35. The number of piperazine rings is 1. The minimum Gasteiger partial charge on any atom is -0.449 e. The van der Waals surface area contributed by atoms with Crippen molar-refractivity contribution < 1.29 is 27.1 Å². The molecule has 2 aliphatic rings. The van der Waals surface area contributed by atoms with Gasteiger partial charge in [-0.05, 0) is 36.6 Å². The van der Waals surface area contributed by atoms with Crippen LogP contribution in [0.2, 0.25) is 0 Å². The number of halogens is 1. The van der Waals surface area contributed by atoms with E-state index in [0.29, 0.717) is 45.9 Å². The maximum absolute atomic E-state index is 13.1. The molecule has 0 bridgehead atoms. The van der Waals surface area contributed by atoms with Crippen molar-refractivity contribution in [1.29, 1.82) is 0 Å². The molecule has 0 saturated carbocycles. The van der Waals surface area contributed by atoms with E-state index in [1.165, 1.54) is 16.4 Å². The van der Waals surface area contributed by atoms with Gasteiger partial charge in [0.2, 0.25) is 15.9 Å². The lowest BCUT2D eigenvalue weighted by molar-refractivity contribution is -0.133. The number of nitrogens with zero attached hydrogens (tertiary/aromatic N) is 4. The Bertz CT molecular complexity index is 917. The Morgan fingerprint density at radius 2 is 1.58 bits per heavy atom. The van der Waals surface area contributed by atoms with Gasteiger partial charge in [0, 0.05) is 52.4 Å². The Hall–Kier alpha value is -2.24. The van der Waals surface area contributed by atoms with Crippen molar-refractivity contribution in [2.45, 2.75) is 25.2 Å². The standard InChI is InChI=1S/C22H33FN4O5S/c1-18(2)17-32-22(29)26-9-3-8-24(10-11-26)16-21(28)25-12-14-27(15-13-25)33(30,31)20-6-4-19(23)5-7-20/h4-7,18H,3,8-17H2,1-2H3. The molecule has 2 fully saturated rings. The zero-order valence-electron chi connectivity index (χ0n) is 19.3. The molecule has 2 aliphatic heterocycles. The third kappa shape index (κ3) is 6.87. The van der Waals surface area contributed by atoms with Gasteiger partial charge < -0.3 is 14.5 Å². The highest BCUT2D eigenvalue weighted by Crippen LogP contribution is 2.18. The van der Waals surface area contributed by atoms with Crippen molar-refractivity contribution in [2.75, 3.05) is 65.5 Å². The van der Waals surface area contributed by atoms with Crippen molar-refractivity contribution in [1.82, 2.24) is 19.0 Å². The fourth-order valence-corrected chi connectivity index (χ4v) is 5.29. The van der Waals surface area contributed by atoms with Gasteiger partial charge in [0.25, 0.3) is 0 Å². The molecule has 33 heavy (non-hydrogen) atoms. The molecule has 2 amide bonds. The first-order valence-electron chi connectivity index (χ1n) is 11.3. The van der Waals surface area contributed by atoms with Gasteiger partial charge in [-0.15, -0.1) is 0 Å². The highest BCUT2D eigenvalue weighted by molar-refractivity contribution is 7.89. The van der Waals surface area contributed by atoms with E-state index >= 15 is 0 Å². The molecule has 0 unspecified atom stereocenters. The number of ether oxygens (including phenoxy) is 1. The molecule has 0 atom stereocenters. The Balaban J connectivity index is 1.46. The molecular formula is C22H33FN4O5S. The molecule has 0 aromatic heterocycles. The maximum Gasteiger partial charge on any atom is 0.409 e. The van der Waals surface area contributed by atoms with Crippen LogP contribution in [0.4, 0.5) is 9.18 Å². The van der Waals surface area contributed by atoms with Crippen LogP contribution in [-0.2, 0) is 19.6 Å². The van der Waals surface area contributed by atoms with Gasteiger partial charge in [-0.3, -0.25) is 9.69 Å². The van der Waals surface area contributed by atoms with Crippen molar-refractivity contribution in [3.8, 4) is 0 Å². The van der Waals surface area contributed by atoms with Gasteiger partial charge >= 0.3 is 6.09 Å². The van der Waals surface area contributed by atoms with Crippen molar-refractivity contribution in [2.24, 2.45) is 5.92 Å². The van der Waals surface area contributed by atoms with Crippen molar-refractivity contribution in [3.63, 3.8) is 0 Å². The van der Waals surface area contributed by atoms with E-state index in [2.05, 4.69) is 0 Å². The van der Waals surface area contributed by atoms with Crippen molar-refractivity contribution in [3.05, 3.63) is 30.1 Å². The van der Waals surface area contributed by atoms with Gasteiger partial charge in [-0.1, -0.05) is 13.8 Å². The smallest absolute Gasteiger partial charge is 0.409 e. The fourth-order valence-electron chi connectivity index (χ4n) is 3.87. The summed E-state index contributed by atoms with van der Waals surface area (Å²) in [4.78, 5) is 30.4. The highest BCUT2D eigenvalue weighted by atomic mass is 32.2. The second-order valence-electron chi connectivity index (χ2n) is 8.83. The van der Waals surface area contributed by atoms with Crippen LogP contribution in [0.25, 0.3) is 0 Å². The molecule has 1 aromatic carbocycles. The topological polar surface area (TPSA) is 90.5 Å². The first-order valence-corrected chi connectivity index (χ1v) is 12.8. The van der Waals surface area contributed by atoms with Crippen LogP contribution < -0.4 is 0 Å². The summed E-state index contributed by atoms with van der Waals surface area (Å²) in [5.74, 6) is -0.265. The third-order valence-electron chi connectivity index (χ3n) is 5.79. The van der Waals surface area contributed by atoms with Gasteiger partial charge in [-0.2, -0.15) is 4.31 Å². The Kier molecular flexibility index (Phi) is 8.66. The predicted octanol–water partition coefficient (Wildman–Crippen LogP) is 1.46. The van der Waals surface area contributed by atoms with Crippen LogP contribution >= 0.6 is 0 Å². The Morgan fingerprint density at radius 1 is 0.939 bits per heavy atom. The SMILES string of the molecule is CC(C)COC(=O)N1CCCN(CC(=O)N2CCN(S(=O)(=O)c3ccc(F)cc3)CC2)CC1.